The second-order valence-electron chi connectivity index (χ2n) is 14.5. The lowest BCUT2D eigenvalue weighted by Gasteiger charge is -2.23. The highest BCUT2D eigenvalue weighted by Gasteiger charge is 2.24. The summed E-state index contributed by atoms with van der Waals surface area (Å²) in [5, 5.41) is 11.2. The molecule has 0 spiro atoms. The molecule has 0 bridgehead atoms. The predicted molar refractivity (Wildman–Crippen MR) is 244 cm³/mol. The van der Waals surface area contributed by atoms with E-state index in [0.717, 1.165) is 28.4 Å². The SMILES string of the molecule is c1ccc(C2=NC(c3cccc4c3sc3c(-c5cccc6sc7cccc(-n8c9ccccc9c9ccccc98)c7c56)cccc34)=NC(c3ccccc3)N2)cc1. The molecule has 1 N–H and O–H groups in total. The number of fused-ring (bicyclic) bond motifs is 9. The molecule has 57 heavy (non-hydrogen) atoms. The van der Waals surface area contributed by atoms with Crippen LogP contribution in [0.5, 0.6) is 0 Å². The quantitative estimate of drug-likeness (QED) is 0.186. The normalized spacial score (nSPS) is 14.5. The molecule has 0 aliphatic carbocycles. The lowest BCUT2D eigenvalue weighted by Crippen LogP contribution is -2.33. The van der Waals surface area contributed by atoms with Gasteiger partial charge in [-0.1, -0.05) is 146 Å². The Morgan fingerprint density at radius 3 is 1.75 bits per heavy atom. The first-order valence-electron chi connectivity index (χ1n) is 19.2. The van der Waals surface area contributed by atoms with Gasteiger partial charge in [0.15, 0.2) is 5.84 Å². The highest BCUT2D eigenvalue weighted by molar-refractivity contribution is 7.27. The number of nitrogens with one attached hydrogen (secondary N) is 1. The minimum absolute atomic E-state index is 0.262. The molecule has 4 heterocycles. The average Bonchev–Trinajstić information content (AvgIpc) is 3.97. The molecule has 6 heteroatoms. The van der Waals surface area contributed by atoms with Crippen molar-refractivity contribution in [1.29, 1.82) is 0 Å². The van der Waals surface area contributed by atoms with Gasteiger partial charge in [-0.05, 0) is 47.5 Å². The smallest absolute Gasteiger partial charge is 0.160 e. The molecule has 11 aromatic rings. The van der Waals surface area contributed by atoms with Crippen LogP contribution in [0, 0.1) is 0 Å². The fraction of sp³-hybridized carbons (Fsp3) is 0.0196. The molecule has 268 valence electrons. The summed E-state index contributed by atoms with van der Waals surface area (Å²) in [6.07, 6.45) is -0.262. The Bertz CT molecular complexity index is 3390. The van der Waals surface area contributed by atoms with Gasteiger partial charge in [-0.15, -0.1) is 22.7 Å². The van der Waals surface area contributed by atoms with Gasteiger partial charge in [0.2, 0.25) is 0 Å². The predicted octanol–water partition coefficient (Wildman–Crippen LogP) is 13.7. The fourth-order valence-electron chi connectivity index (χ4n) is 8.77. The monoisotopic (exact) mass is 764 g/mol. The van der Waals surface area contributed by atoms with Crippen molar-refractivity contribution in [2.45, 2.75) is 6.17 Å². The maximum atomic E-state index is 5.27. The molecule has 0 amide bonds. The van der Waals surface area contributed by atoms with Crippen molar-refractivity contribution >= 4 is 96.5 Å². The first-order chi connectivity index (χ1) is 28.3. The largest absolute Gasteiger partial charge is 0.344 e. The molecule has 4 nitrogen and oxygen atoms in total. The molecule has 3 aromatic heterocycles. The zero-order valence-corrected chi connectivity index (χ0v) is 32.2. The van der Waals surface area contributed by atoms with Crippen LogP contribution in [0.4, 0.5) is 0 Å². The fourth-order valence-corrected chi connectivity index (χ4v) is 11.3. The van der Waals surface area contributed by atoms with Crippen molar-refractivity contribution in [1.82, 2.24) is 9.88 Å². The van der Waals surface area contributed by atoms with Crippen molar-refractivity contribution in [3.05, 3.63) is 199 Å². The molecule has 1 atom stereocenters. The van der Waals surface area contributed by atoms with Crippen LogP contribution < -0.4 is 5.32 Å². The lowest BCUT2D eigenvalue weighted by atomic mass is 9.97. The number of nitrogens with zero attached hydrogens (tertiary/aromatic N) is 3. The molecule has 8 aromatic carbocycles. The maximum absolute atomic E-state index is 5.27. The molecule has 0 fully saturated rings. The van der Waals surface area contributed by atoms with Crippen LogP contribution in [0.25, 0.3) is 79.0 Å². The van der Waals surface area contributed by atoms with Crippen LogP contribution >= 0.6 is 22.7 Å². The van der Waals surface area contributed by atoms with E-state index in [1.54, 1.807) is 0 Å². The zero-order chi connectivity index (χ0) is 37.5. The summed E-state index contributed by atoms with van der Waals surface area (Å²) in [7, 11) is 0. The van der Waals surface area contributed by atoms with Crippen molar-refractivity contribution in [3.8, 4) is 16.8 Å². The number of hydrogen-bond acceptors (Lipinski definition) is 5. The molecule has 12 rings (SSSR count). The van der Waals surface area contributed by atoms with Crippen LogP contribution in [0.15, 0.2) is 192 Å². The van der Waals surface area contributed by atoms with Crippen molar-refractivity contribution in [3.63, 3.8) is 0 Å². The number of para-hydroxylation sites is 2. The molecule has 1 aliphatic rings. The number of aromatic nitrogens is 1. The summed E-state index contributed by atoms with van der Waals surface area (Å²) in [5.41, 5.74) is 9.31. The molecular weight excluding hydrogens is 733 g/mol. The molecule has 0 saturated heterocycles. The number of benzene rings is 8. The van der Waals surface area contributed by atoms with Crippen LogP contribution in [-0.2, 0) is 0 Å². The first-order valence-corrected chi connectivity index (χ1v) is 20.8. The topological polar surface area (TPSA) is 41.7 Å². The summed E-state index contributed by atoms with van der Waals surface area (Å²) >= 11 is 3.72. The minimum Gasteiger partial charge on any atom is -0.344 e. The van der Waals surface area contributed by atoms with Gasteiger partial charge in [-0.3, -0.25) is 0 Å². The van der Waals surface area contributed by atoms with Crippen LogP contribution in [0.2, 0.25) is 0 Å². The van der Waals surface area contributed by atoms with E-state index in [1.807, 2.05) is 34.8 Å². The van der Waals surface area contributed by atoms with Crippen molar-refractivity contribution < 1.29 is 0 Å². The minimum atomic E-state index is -0.262. The zero-order valence-electron chi connectivity index (χ0n) is 30.6. The van der Waals surface area contributed by atoms with Gasteiger partial charge < -0.3 is 9.88 Å². The Balaban J connectivity index is 1.09. The van der Waals surface area contributed by atoms with Gasteiger partial charge in [0.1, 0.15) is 12.0 Å². The van der Waals surface area contributed by atoms with E-state index in [2.05, 4.69) is 180 Å². The van der Waals surface area contributed by atoms with Gasteiger partial charge in [-0.2, -0.15) is 0 Å². The number of hydrogen-bond donors (Lipinski definition) is 1. The van der Waals surface area contributed by atoms with E-state index in [1.165, 1.54) is 79.0 Å². The number of rotatable bonds is 5. The second kappa shape index (κ2) is 12.8. The third-order valence-electron chi connectivity index (χ3n) is 11.3. The van der Waals surface area contributed by atoms with E-state index in [-0.39, 0.29) is 6.17 Å². The Morgan fingerprint density at radius 2 is 1.02 bits per heavy atom. The van der Waals surface area contributed by atoms with E-state index < -0.39 is 0 Å². The van der Waals surface area contributed by atoms with E-state index in [4.69, 9.17) is 9.98 Å². The average molecular weight is 765 g/mol. The van der Waals surface area contributed by atoms with Gasteiger partial charge in [0.05, 0.1) is 16.7 Å². The van der Waals surface area contributed by atoms with E-state index in [0.29, 0.717) is 0 Å². The summed E-state index contributed by atoms with van der Waals surface area (Å²) in [6, 6.07) is 65.3. The maximum Gasteiger partial charge on any atom is 0.160 e. The van der Waals surface area contributed by atoms with Gasteiger partial charge in [0.25, 0.3) is 0 Å². The van der Waals surface area contributed by atoms with E-state index in [9.17, 15) is 0 Å². The number of thiophene rings is 2. The standard InChI is InChI=1S/C51H32N4S2/c1-3-15-31(16-4-1)49-52-50(32-17-5-2-6-18-32)54-51(53-49)39-25-12-24-38-37-23-11-22-36(47(37)57-48(38)39)35-21-13-29-43-45(35)46-42(28-14-30-44(46)56-43)55-40-26-9-7-19-33(40)34-20-8-10-27-41(34)55/h1-30,49H,(H,52,53,54). The van der Waals surface area contributed by atoms with Crippen molar-refractivity contribution in [2.75, 3.05) is 0 Å². The van der Waals surface area contributed by atoms with Crippen LogP contribution in [-0.4, -0.2) is 16.2 Å². The summed E-state index contributed by atoms with van der Waals surface area (Å²) < 4.78 is 7.49. The van der Waals surface area contributed by atoms with Gasteiger partial charge in [0, 0.05) is 67.8 Å². The Hall–Kier alpha value is -6.86. The Kier molecular flexibility index (Phi) is 7.30. The van der Waals surface area contributed by atoms with E-state index >= 15 is 0 Å². The first kappa shape index (κ1) is 32.4. The summed E-state index contributed by atoms with van der Waals surface area (Å²) in [6.45, 7) is 0. The molecule has 0 saturated carbocycles. The Morgan fingerprint density at radius 1 is 0.456 bits per heavy atom. The molecule has 1 aliphatic heterocycles. The summed E-state index contributed by atoms with van der Waals surface area (Å²) in [5.74, 6) is 1.56. The Labute approximate surface area is 336 Å². The number of amidine groups is 2. The second-order valence-corrected chi connectivity index (χ2v) is 16.6. The number of aliphatic imine (C=N–C) groups is 2. The van der Waals surface area contributed by atoms with Crippen molar-refractivity contribution in [2.24, 2.45) is 9.98 Å². The van der Waals surface area contributed by atoms with Crippen LogP contribution in [0.3, 0.4) is 0 Å². The third kappa shape index (κ3) is 5.04. The molecule has 0 radical (unpaired) electrons. The lowest BCUT2D eigenvalue weighted by molar-refractivity contribution is 0.674. The molecule has 1 unspecified atom stereocenters. The summed E-state index contributed by atoms with van der Waals surface area (Å²) in [4.78, 5) is 10.5. The highest BCUT2D eigenvalue weighted by Crippen LogP contribution is 2.48. The van der Waals surface area contributed by atoms with Crippen LogP contribution in [0.1, 0.15) is 22.9 Å². The molecular formula is C51H32N4S2. The van der Waals surface area contributed by atoms with Gasteiger partial charge >= 0.3 is 0 Å². The van der Waals surface area contributed by atoms with Gasteiger partial charge in [-0.25, -0.2) is 9.98 Å². The highest BCUT2D eigenvalue weighted by atomic mass is 32.1. The third-order valence-corrected chi connectivity index (χ3v) is 13.7.